The number of nitrogens with zero attached hydrogens (tertiary/aromatic N) is 1. The van der Waals surface area contributed by atoms with Crippen LogP contribution in [0.2, 0.25) is 0 Å². The zero-order valence-corrected chi connectivity index (χ0v) is 10.6. The third-order valence-electron chi connectivity index (χ3n) is 3.48. The first-order valence-corrected chi connectivity index (χ1v) is 5.76. The zero-order chi connectivity index (χ0) is 16.9. The number of likely N-dealkylation sites (N-methyl/N-ethyl adjacent to an activating group) is 1. The van der Waals surface area contributed by atoms with Crippen molar-refractivity contribution in [3.8, 4) is 0 Å². The molecular weight excluding hydrogens is 321 g/mol. The van der Waals surface area contributed by atoms with Gasteiger partial charge in [-0.25, -0.2) is 0 Å². The lowest BCUT2D eigenvalue weighted by Gasteiger charge is -2.38. The molecule has 1 heterocycles. The van der Waals surface area contributed by atoms with E-state index in [1.807, 2.05) is 0 Å². The Morgan fingerprint density at radius 3 is 1.76 bits per heavy atom. The third-order valence-corrected chi connectivity index (χ3v) is 3.48. The molecule has 1 rings (SSSR count). The van der Waals surface area contributed by atoms with Crippen LogP contribution in [0.3, 0.4) is 0 Å². The van der Waals surface area contributed by atoms with Crippen LogP contribution in [-0.4, -0.2) is 59.7 Å². The summed E-state index contributed by atoms with van der Waals surface area (Å²) in [4.78, 5) is 1.00. The first-order chi connectivity index (χ1) is 9.18. The molecule has 0 bridgehead atoms. The highest BCUT2D eigenvalue weighted by molar-refractivity contribution is 5.06. The van der Waals surface area contributed by atoms with Crippen LogP contribution in [0.1, 0.15) is 12.8 Å². The van der Waals surface area contributed by atoms with Gasteiger partial charge < -0.3 is 10.0 Å². The third kappa shape index (κ3) is 2.69. The van der Waals surface area contributed by atoms with Crippen molar-refractivity contribution < 1.29 is 44.6 Å². The number of hydrogen-bond acceptors (Lipinski definition) is 2. The average molecular weight is 333 g/mol. The summed E-state index contributed by atoms with van der Waals surface area (Å²) < 4.78 is 114. The van der Waals surface area contributed by atoms with Crippen LogP contribution in [0.25, 0.3) is 0 Å². The minimum atomic E-state index is -6.97. The maximum absolute atomic E-state index is 13.4. The van der Waals surface area contributed by atoms with Crippen molar-refractivity contribution in [2.75, 3.05) is 13.6 Å². The number of likely N-dealkylation sites (tertiary alicyclic amines) is 1. The van der Waals surface area contributed by atoms with Crippen LogP contribution in [0, 0.1) is 0 Å². The van der Waals surface area contributed by atoms with Crippen molar-refractivity contribution in [1.82, 2.24) is 4.90 Å². The van der Waals surface area contributed by atoms with E-state index in [-0.39, 0.29) is 19.4 Å². The zero-order valence-electron chi connectivity index (χ0n) is 10.6. The van der Waals surface area contributed by atoms with E-state index in [2.05, 4.69) is 0 Å². The van der Waals surface area contributed by atoms with Gasteiger partial charge in [0.05, 0.1) is 0 Å². The molecule has 0 spiro atoms. The van der Waals surface area contributed by atoms with Gasteiger partial charge in [-0.1, -0.05) is 0 Å². The Hall–Kier alpha value is -0.710. The fourth-order valence-corrected chi connectivity index (χ4v) is 2.15. The molecule has 1 fully saturated rings. The molecule has 0 saturated carbocycles. The molecule has 1 aliphatic rings. The molecule has 0 radical (unpaired) electrons. The van der Waals surface area contributed by atoms with Crippen molar-refractivity contribution in [2.24, 2.45) is 0 Å². The number of halogens is 9. The number of hydrogen-bond donors (Lipinski definition) is 1. The van der Waals surface area contributed by atoms with Crippen molar-refractivity contribution in [3.63, 3.8) is 0 Å². The van der Waals surface area contributed by atoms with E-state index in [0.29, 0.717) is 0 Å². The van der Waals surface area contributed by atoms with Gasteiger partial charge in [-0.15, -0.1) is 0 Å². The molecule has 0 unspecified atom stereocenters. The van der Waals surface area contributed by atoms with Gasteiger partial charge in [-0.3, -0.25) is 0 Å². The van der Waals surface area contributed by atoms with Crippen LogP contribution in [-0.2, 0) is 0 Å². The molecule has 0 aromatic rings. The Kier molecular flexibility index (Phi) is 4.53. The first-order valence-electron chi connectivity index (χ1n) is 5.76. The van der Waals surface area contributed by atoms with Crippen LogP contribution in [0.5, 0.6) is 0 Å². The highest BCUT2D eigenvalue weighted by Gasteiger charge is 2.83. The Morgan fingerprint density at radius 2 is 1.43 bits per heavy atom. The average Bonchev–Trinajstić information content (AvgIpc) is 2.72. The second-order valence-electron chi connectivity index (χ2n) is 4.90. The summed E-state index contributed by atoms with van der Waals surface area (Å²) in [5.41, 5.74) is 0. The van der Waals surface area contributed by atoms with Gasteiger partial charge >= 0.3 is 23.9 Å². The molecule has 0 aliphatic carbocycles. The highest BCUT2D eigenvalue weighted by atomic mass is 19.4. The molecule has 1 aliphatic heterocycles. The van der Waals surface area contributed by atoms with E-state index in [4.69, 9.17) is 0 Å². The Labute approximate surface area is 113 Å². The molecular formula is C10H12F9NO. The molecule has 1 saturated heterocycles. The number of aliphatic hydroxyl groups excluding tert-OH is 1. The Morgan fingerprint density at radius 1 is 0.952 bits per heavy atom. The molecule has 21 heavy (non-hydrogen) atoms. The fourth-order valence-electron chi connectivity index (χ4n) is 2.15. The normalized spacial score (nSPS) is 24.4. The summed E-state index contributed by atoms with van der Waals surface area (Å²) in [6.07, 6.45) is -10.2. The van der Waals surface area contributed by atoms with Crippen molar-refractivity contribution >= 4 is 0 Å². The van der Waals surface area contributed by atoms with Gasteiger partial charge in [-0.2, -0.15) is 39.5 Å². The second-order valence-corrected chi connectivity index (χ2v) is 4.90. The lowest BCUT2D eigenvalue weighted by Crippen LogP contribution is -2.66. The van der Waals surface area contributed by atoms with Gasteiger partial charge in [0, 0.05) is 6.04 Å². The molecule has 0 aromatic heterocycles. The van der Waals surface area contributed by atoms with Crippen molar-refractivity contribution in [1.29, 1.82) is 0 Å². The summed E-state index contributed by atoms with van der Waals surface area (Å²) in [5, 5.41) is 9.24. The van der Waals surface area contributed by atoms with Crippen LogP contribution >= 0.6 is 0 Å². The van der Waals surface area contributed by atoms with Gasteiger partial charge in [0.2, 0.25) is 0 Å². The monoisotopic (exact) mass is 333 g/mol. The summed E-state index contributed by atoms with van der Waals surface area (Å²) in [5.74, 6) is -19.7. The topological polar surface area (TPSA) is 23.5 Å². The number of alkyl halides is 9. The van der Waals surface area contributed by atoms with E-state index in [0.717, 1.165) is 11.9 Å². The van der Waals surface area contributed by atoms with E-state index in [1.54, 1.807) is 0 Å². The van der Waals surface area contributed by atoms with Crippen LogP contribution in [0.15, 0.2) is 0 Å². The quantitative estimate of drug-likeness (QED) is 0.800. The minimum Gasteiger partial charge on any atom is -0.385 e. The van der Waals surface area contributed by atoms with Crippen LogP contribution < -0.4 is 0 Å². The predicted octanol–water partition coefficient (Wildman–Crippen LogP) is 2.91. The van der Waals surface area contributed by atoms with E-state index >= 15 is 0 Å². The van der Waals surface area contributed by atoms with E-state index in [9.17, 15) is 44.6 Å². The largest absolute Gasteiger partial charge is 0.460 e. The summed E-state index contributed by atoms with van der Waals surface area (Å²) in [6.45, 7) is 0.124. The minimum absolute atomic E-state index is 0.124. The van der Waals surface area contributed by atoms with Gasteiger partial charge in [0.1, 0.15) is 6.10 Å². The summed E-state index contributed by atoms with van der Waals surface area (Å²) >= 11 is 0. The molecule has 126 valence electrons. The molecule has 11 heteroatoms. The lowest BCUT2D eigenvalue weighted by atomic mass is 9.93. The van der Waals surface area contributed by atoms with Gasteiger partial charge in [0.15, 0.2) is 0 Å². The summed E-state index contributed by atoms with van der Waals surface area (Å²) in [6, 6.07) is -1.63. The van der Waals surface area contributed by atoms with Crippen LogP contribution in [0.4, 0.5) is 39.5 Å². The standard InChI is InChI=1S/C10H12F9NO/c1-20-4-2-3-5(20)6(21)7(11,12)8(13,14)9(15,16)10(17,18)19/h5-6,21H,2-4H2,1H3/t5-,6-/m0/s1. The van der Waals surface area contributed by atoms with E-state index in [1.165, 1.54) is 0 Å². The lowest BCUT2D eigenvalue weighted by molar-refractivity contribution is -0.407. The molecule has 0 aromatic carbocycles. The number of rotatable bonds is 4. The Balaban J connectivity index is 3.15. The molecule has 0 amide bonds. The predicted molar refractivity (Wildman–Crippen MR) is 52.6 cm³/mol. The first kappa shape index (κ1) is 18.3. The fraction of sp³-hybridized carbons (Fsp3) is 1.00. The smallest absolute Gasteiger partial charge is 0.385 e. The number of aliphatic hydroxyl groups is 1. The molecule has 1 N–H and O–H groups in total. The van der Waals surface area contributed by atoms with Gasteiger partial charge in [-0.05, 0) is 26.4 Å². The Bertz CT molecular complexity index is 381. The van der Waals surface area contributed by atoms with Crippen molar-refractivity contribution in [3.05, 3.63) is 0 Å². The van der Waals surface area contributed by atoms with E-state index < -0.39 is 36.1 Å². The summed E-state index contributed by atoms with van der Waals surface area (Å²) in [7, 11) is 1.16. The molecule has 2 atom stereocenters. The highest BCUT2D eigenvalue weighted by Crippen LogP contribution is 2.54. The van der Waals surface area contributed by atoms with Crippen molar-refractivity contribution in [2.45, 2.75) is 48.9 Å². The maximum atomic E-state index is 13.4. The molecule has 2 nitrogen and oxygen atoms in total. The SMILES string of the molecule is CN1CCC[C@H]1[C@H](O)C(F)(F)C(F)(F)C(F)(F)C(F)(F)F. The van der Waals surface area contributed by atoms with Gasteiger partial charge in [0.25, 0.3) is 0 Å². The maximum Gasteiger partial charge on any atom is 0.460 e. The second kappa shape index (κ2) is 5.18.